The molecule has 1 unspecified atom stereocenters. The van der Waals surface area contributed by atoms with Crippen LogP contribution in [0.25, 0.3) is 0 Å². The highest BCUT2D eigenvalue weighted by atomic mass is 35.5. The number of hydrogen-bond acceptors (Lipinski definition) is 3. The highest BCUT2D eigenvalue weighted by Crippen LogP contribution is 2.37. The van der Waals surface area contributed by atoms with Crippen LogP contribution >= 0.6 is 11.6 Å². The Morgan fingerprint density at radius 3 is 2.80 bits per heavy atom. The van der Waals surface area contributed by atoms with Gasteiger partial charge in [0.15, 0.2) is 0 Å². The monoisotopic (exact) mass is 299 g/mol. The van der Waals surface area contributed by atoms with Gasteiger partial charge in [0.25, 0.3) is 0 Å². The fraction of sp³-hybridized carbons (Fsp3) is 0.800. The van der Waals surface area contributed by atoms with Crippen molar-refractivity contribution in [2.24, 2.45) is 0 Å². The first-order chi connectivity index (χ1) is 9.48. The summed E-state index contributed by atoms with van der Waals surface area (Å²) in [6.07, 6.45) is 5.11. The molecule has 0 radical (unpaired) electrons. The van der Waals surface area contributed by atoms with Crippen molar-refractivity contribution in [3.05, 3.63) is 16.9 Å². The van der Waals surface area contributed by atoms with Crippen molar-refractivity contribution < 1.29 is 5.11 Å². The molecule has 1 atom stereocenters. The van der Waals surface area contributed by atoms with Crippen LogP contribution < -0.4 is 0 Å². The van der Waals surface area contributed by atoms with E-state index in [1.165, 1.54) is 0 Å². The molecule has 1 fully saturated rings. The summed E-state index contributed by atoms with van der Waals surface area (Å²) >= 11 is 6.30. The van der Waals surface area contributed by atoms with E-state index in [4.69, 9.17) is 11.6 Å². The lowest BCUT2D eigenvalue weighted by Crippen LogP contribution is -2.34. The molecule has 1 aromatic heterocycles. The average molecular weight is 300 g/mol. The highest BCUT2D eigenvalue weighted by Gasteiger charge is 2.37. The van der Waals surface area contributed by atoms with E-state index in [-0.39, 0.29) is 0 Å². The molecule has 0 aromatic carbocycles. The zero-order valence-electron chi connectivity index (χ0n) is 12.8. The van der Waals surface area contributed by atoms with Gasteiger partial charge in [-0.05, 0) is 46.1 Å². The molecule has 0 saturated carbocycles. The van der Waals surface area contributed by atoms with Gasteiger partial charge < -0.3 is 10.0 Å². The predicted octanol–water partition coefficient (Wildman–Crippen LogP) is 3.03. The summed E-state index contributed by atoms with van der Waals surface area (Å²) in [4.78, 5) is 2.42. The summed E-state index contributed by atoms with van der Waals surface area (Å²) in [5, 5.41) is 16.0. The van der Waals surface area contributed by atoms with Gasteiger partial charge in [-0.2, -0.15) is 5.10 Å². The standard InChI is InChI=1S/C15H26ClN3O/c1-4-8-19-14(13(16)11-17-19)15(20)6-5-9-18(10-7-15)12(2)3/h11-12,20H,4-10H2,1-3H3. The Bertz CT molecular complexity index is 446. The lowest BCUT2D eigenvalue weighted by Gasteiger charge is -2.29. The summed E-state index contributed by atoms with van der Waals surface area (Å²) in [6, 6.07) is 0.522. The van der Waals surface area contributed by atoms with Gasteiger partial charge in [-0.15, -0.1) is 0 Å². The van der Waals surface area contributed by atoms with Crippen LogP contribution in [0, 0.1) is 0 Å². The van der Waals surface area contributed by atoms with E-state index in [1.54, 1.807) is 6.20 Å². The second-order valence-corrected chi connectivity index (χ2v) is 6.49. The number of hydrogen-bond donors (Lipinski definition) is 1. The van der Waals surface area contributed by atoms with E-state index in [9.17, 15) is 5.11 Å². The maximum absolute atomic E-state index is 11.1. The Kier molecular flexibility index (Phi) is 5.10. The SMILES string of the molecule is CCCn1ncc(Cl)c1C1(O)CCCN(C(C)C)CC1. The Morgan fingerprint density at radius 2 is 2.15 bits per heavy atom. The number of rotatable bonds is 4. The third kappa shape index (κ3) is 3.18. The van der Waals surface area contributed by atoms with Crippen LogP contribution in [0.3, 0.4) is 0 Å². The van der Waals surface area contributed by atoms with Crippen molar-refractivity contribution >= 4 is 11.6 Å². The van der Waals surface area contributed by atoms with Crippen LogP contribution in [0.5, 0.6) is 0 Å². The van der Waals surface area contributed by atoms with Crippen LogP contribution in [0.2, 0.25) is 5.02 Å². The van der Waals surface area contributed by atoms with E-state index >= 15 is 0 Å². The molecule has 1 saturated heterocycles. The average Bonchev–Trinajstić information content (AvgIpc) is 2.64. The summed E-state index contributed by atoms with van der Waals surface area (Å²) < 4.78 is 1.88. The largest absolute Gasteiger partial charge is 0.383 e. The molecule has 1 N–H and O–H groups in total. The Morgan fingerprint density at radius 1 is 1.40 bits per heavy atom. The first kappa shape index (κ1) is 15.8. The summed E-state index contributed by atoms with van der Waals surface area (Å²) in [5.74, 6) is 0. The number of aryl methyl sites for hydroxylation is 1. The number of aliphatic hydroxyl groups is 1. The minimum absolute atomic E-state index is 0.522. The van der Waals surface area contributed by atoms with E-state index in [0.29, 0.717) is 11.1 Å². The summed E-state index contributed by atoms with van der Waals surface area (Å²) in [6.45, 7) is 9.27. The number of likely N-dealkylation sites (tertiary alicyclic amines) is 1. The number of halogens is 1. The van der Waals surface area contributed by atoms with E-state index in [0.717, 1.165) is 51.0 Å². The van der Waals surface area contributed by atoms with Gasteiger partial charge >= 0.3 is 0 Å². The molecule has 1 aromatic rings. The highest BCUT2D eigenvalue weighted by molar-refractivity contribution is 6.31. The van der Waals surface area contributed by atoms with Gasteiger partial charge in [0.05, 0.1) is 16.9 Å². The number of aromatic nitrogens is 2. The fourth-order valence-corrected chi connectivity index (χ4v) is 3.42. The van der Waals surface area contributed by atoms with Crippen LogP contribution in [-0.4, -0.2) is 38.9 Å². The Labute approximate surface area is 126 Å². The third-order valence-electron chi connectivity index (χ3n) is 4.25. The van der Waals surface area contributed by atoms with Crippen LogP contribution in [0.15, 0.2) is 6.20 Å². The fourth-order valence-electron chi connectivity index (χ4n) is 3.10. The topological polar surface area (TPSA) is 41.3 Å². The minimum Gasteiger partial charge on any atom is -0.383 e. The normalized spacial score (nSPS) is 25.1. The molecule has 1 aliphatic heterocycles. The first-order valence-electron chi connectivity index (χ1n) is 7.66. The molecule has 2 rings (SSSR count). The van der Waals surface area contributed by atoms with Gasteiger partial charge in [-0.3, -0.25) is 4.68 Å². The molecule has 1 aliphatic rings. The maximum atomic E-state index is 11.1. The van der Waals surface area contributed by atoms with Gasteiger partial charge in [0.1, 0.15) is 5.60 Å². The molecule has 114 valence electrons. The van der Waals surface area contributed by atoms with Crippen molar-refractivity contribution in [1.82, 2.24) is 14.7 Å². The number of nitrogens with zero attached hydrogens (tertiary/aromatic N) is 3. The molecular weight excluding hydrogens is 274 g/mol. The summed E-state index contributed by atoms with van der Waals surface area (Å²) in [7, 11) is 0. The van der Waals surface area contributed by atoms with Crippen LogP contribution in [-0.2, 0) is 12.1 Å². The van der Waals surface area contributed by atoms with E-state index in [2.05, 4.69) is 30.8 Å². The van der Waals surface area contributed by atoms with Crippen molar-refractivity contribution in [2.75, 3.05) is 13.1 Å². The van der Waals surface area contributed by atoms with Crippen molar-refractivity contribution in [2.45, 2.75) is 64.6 Å². The zero-order valence-corrected chi connectivity index (χ0v) is 13.5. The smallest absolute Gasteiger partial charge is 0.109 e. The molecule has 4 nitrogen and oxygen atoms in total. The van der Waals surface area contributed by atoms with E-state index in [1.807, 2.05) is 4.68 Å². The van der Waals surface area contributed by atoms with Gasteiger partial charge in [-0.25, -0.2) is 0 Å². The van der Waals surface area contributed by atoms with E-state index < -0.39 is 5.60 Å². The van der Waals surface area contributed by atoms with Gasteiger partial charge in [-0.1, -0.05) is 18.5 Å². The molecule has 0 bridgehead atoms. The molecule has 5 heteroatoms. The van der Waals surface area contributed by atoms with Gasteiger partial charge in [0.2, 0.25) is 0 Å². The van der Waals surface area contributed by atoms with Crippen LogP contribution in [0.1, 0.15) is 52.1 Å². The Balaban J connectivity index is 2.24. The maximum Gasteiger partial charge on any atom is 0.109 e. The summed E-state index contributed by atoms with van der Waals surface area (Å²) in [5.41, 5.74) is -0.0292. The van der Waals surface area contributed by atoms with Crippen LogP contribution in [0.4, 0.5) is 0 Å². The lowest BCUT2D eigenvalue weighted by atomic mass is 9.91. The second-order valence-electron chi connectivity index (χ2n) is 6.08. The quantitative estimate of drug-likeness (QED) is 0.929. The van der Waals surface area contributed by atoms with Crippen molar-refractivity contribution in [1.29, 1.82) is 0 Å². The molecule has 0 aliphatic carbocycles. The zero-order chi connectivity index (χ0) is 14.8. The molecule has 20 heavy (non-hydrogen) atoms. The molecule has 0 amide bonds. The van der Waals surface area contributed by atoms with Gasteiger partial charge in [0, 0.05) is 19.1 Å². The second kappa shape index (κ2) is 6.46. The molecule has 0 spiro atoms. The third-order valence-corrected chi connectivity index (χ3v) is 4.53. The van der Waals surface area contributed by atoms with Crippen molar-refractivity contribution in [3.8, 4) is 0 Å². The Hall–Kier alpha value is -0.580. The lowest BCUT2D eigenvalue weighted by molar-refractivity contribution is 0.0117. The minimum atomic E-state index is -0.841. The van der Waals surface area contributed by atoms with Crippen molar-refractivity contribution in [3.63, 3.8) is 0 Å². The first-order valence-corrected chi connectivity index (χ1v) is 8.04. The predicted molar refractivity (Wildman–Crippen MR) is 82.0 cm³/mol. The molecular formula is C15H26ClN3O. The molecule has 2 heterocycles.